The number of nitrogens with zero attached hydrogens (tertiary/aromatic N) is 1. The van der Waals surface area contributed by atoms with Crippen LogP contribution >= 0.6 is 0 Å². The van der Waals surface area contributed by atoms with Gasteiger partial charge >= 0.3 is 0 Å². The number of phenols is 2. The van der Waals surface area contributed by atoms with E-state index in [1.54, 1.807) is 18.2 Å². The maximum absolute atomic E-state index is 10.3. The first-order chi connectivity index (χ1) is 16.8. The molecule has 2 N–H and O–H groups in total. The number of hydrogen-bond donors (Lipinski definition) is 2. The maximum atomic E-state index is 10.3. The molecule has 186 valence electrons. The normalized spacial score (nSPS) is 15.5. The molecule has 1 unspecified atom stereocenters. The molecule has 0 aliphatic heterocycles. The van der Waals surface area contributed by atoms with Gasteiger partial charge in [-0.2, -0.15) is 0 Å². The van der Waals surface area contributed by atoms with Crippen molar-refractivity contribution in [1.29, 1.82) is 0 Å². The summed E-state index contributed by atoms with van der Waals surface area (Å²) in [6, 6.07) is 19.7. The van der Waals surface area contributed by atoms with Gasteiger partial charge in [-0.05, 0) is 112 Å². The van der Waals surface area contributed by atoms with Crippen LogP contribution < -0.4 is 9.47 Å². The Morgan fingerprint density at radius 2 is 1.51 bits per heavy atom. The van der Waals surface area contributed by atoms with Gasteiger partial charge in [-0.3, -0.25) is 4.90 Å². The summed E-state index contributed by atoms with van der Waals surface area (Å²) in [7, 11) is 0. The summed E-state index contributed by atoms with van der Waals surface area (Å²) < 4.78 is 12.2. The Bertz CT molecular complexity index is 1100. The fourth-order valence-corrected chi connectivity index (χ4v) is 5.05. The third-order valence-corrected chi connectivity index (χ3v) is 6.86. The average Bonchev–Trinajstić information content (AvgIpc) is 2.82. The minimum Gasteiger partial charge on any atom is -0.508 e. The first kappa shape index (κ1) is 24.9. The lowest BCUT2D eigenvalue weighted by molar-refractivity contribution is 0.142. The SMILES string of the molecule is CC(C)N(CCOc1ccc(Oc2cc(O)cc3c2CC(c2ccc(O)cc2)CC3)cc1)C(C)C. The second-order valence-corrected chi connectivity index (χ2v) is 9.96. The van der Waals surface area contributed by atoms with Gasteiger partial charge in [-0.15, -0.1) is 0 Å². The van der Waals surface area contributed by atoms with E-state index in [9.17, 15) is 10.2 Å². The van der Waals surface area contributed by atoms with E-state index in [1.807, 2.05) is 42.5 Å². The largest absolute Gasteiger partial charge is 0.508 e. The third-order valence-electron chi connectivity index (χ3n) is 6.86. The summed E-state index contributed by atoms with van der Waals surface area (Å²) in [5, 5.41) is 19.9. The molecule has 35 heavy (non-hydrogen) atoms. The molecule has 0 spiro atoms. The highest BCUT2D eigenvalue weighted by Crippen LogP contribution is 2.41. The monoisotopic (exact) mass is 475 g/mol. The van der Waals surface area contributed by atoms with E-state index in [1.165, 1.54) is 5.56 Å². The molecule has 0 bridgehead atoms. The smallest absolute Gasteiger partial charge is 0.134 e. The van der Waals surface area contributed by atoms with Gasteiger partial charge in [-0.1, -0.05) is 12.1 Å². The van der Waals surface area contributed by atoms with Crippen molar-refractivity contribution in [3.63, 3.8) is 0 Å². The second kappa shape index (κ2) is 11.0. The molecule has 3 aromatic rings. The second-order valence-electron chi connectivity index (χ2n) is 9.96. The molecule has 5 heteroatoms. The van der Waals surface area contributed by atoms with Gasteiger partial charge in [-0.25, -0.2) is 0 Å². The number of phenolic OH excluding ortho intramolecular Hbond substituents is 2. The highest BCUT2D eigenvalue weighted by molar-refractivity contribution is 5.50. The molecule has 0 radical (unpaired) electrons. The standard InChI is InChI=1S/C30H37NO4/c1-20(2)31(21(3)4)15-16-34-27-11-13-28(14-12-27)35-30-19-26(33)17-24-6-5-23(18-29(24)30)22-7-9-25(32)10-8-22/h7-14,17,19-21,23,32-33H,5-6,15-16,18H2,1-4H3. The molecule has 5 nitrogen and oxygen atoms in total. The fraction of sp³-hybridized carbons (Fsp3) is 0.400. The molecule has 0 saturated heterocycles. The molecule has 0 saturated carbocycles. The Morgan fingerprint density at radius 1 is 0.857 bits per heavy atom. The van der Waals surface area contributed by atoms with Crippen LogP contribution in [-0.4, -0.2) is 40.3 Å². The van der Waals surface area contributed by atoms with Crippen molar-refractivity contribution >= 4 is 0 Å². The summed E-state index contributed by atoms with van der Waals surface area (Å²) in [5.41, 5.74) is 3.48. The molecule has 0 aromatic heterocycles. The lowest BCUT2D eigenvalue weighted by Gasteiger charge is -2.30. The Hall–Kier alpha value is -3.18. The van der Waals surface area contributed by atoms with Crippen molar-refractivity contribution in [3.05, 3.63) is 77.4 Å². The molecule has 1 atom stereocenters. The van der Waals surface area contributed by atoms with Gasteiger partial charge in [0.2, 0.25) is 0 Å². The molecule has 3 aromatic carbocycles. The van der Waals surface area contributed by atoms with Crippen molar-refractivity contribution in [2.24, 2.45) is 0 Å². The summed E-state index contributed by atoms with van der Waals surface area (Å²) in [6.45, 7) is 10.3. The zero-order valence-electron chi connectivity index (χ0n) is 21.2. The highest BCUT2D eigenvalue weighted by atomic mass is 16.5. The minimum absolute atomic E-state index is 0.224. The number of aromatic hydroxyl groups is 2. The Morgan fingerprint density at radius 3 is 2.17 bits per heavy atom. The molecular weight excluding hydrogens is 438 g/mol. The minimum atomic E-state index is 0.224. The van der Waals surface area contributed by atoms with Crippen molar-refractivity contribution in [1.82, 2.24) is 4.90 Å². The van der Waals surface area contributed by atoms with Crippen molar-refractivity contribution in [2.75, 3.05) is 13.2 Å². The van der Waals surface area contributed by atoms with Crippen LogP contribution in [-0.2, 0) is 12.8 Å². The van der Waals surface area contributed by atoms with Crippen LogP contribution in [0.15, 0.2) is 60.7 Å². The van der Waals surface area contributed by atoms with Crippen molar-refractivity contribution in [3.8, 4) is 28.7 Å². The van der Waals surface area contributed by atoms with Crippen LogP contribution in [0.3, 0.4) is 0 Å². The van der Waals surface area contributed by atoms with Gasteiger partial charge in [0.25, 0.3) is 0 Å². The van der Waals surface area contributed by atoms with Crippen LogP contribution in [0.1, 0.15) is 56.7 Å². The molecule has 4 rings (SSSR count). The van der Waals surface area contributed by atoms with E-state index in [0.29, 0.717) is 36.1 Å². The molecule has 0 fully saturated rings. The van der Waals surface area contributed by atoms with E-state index in [2.05, 4.69) is 32.6 Å². The predicted molar refractivity (Wildman–Crippen MR) is 140 cm³/mol. The summed E-state index contributed by atoms with van der Waals surface area (Å²) >= 11 is 0. The van der Waals surface area contributed by atoms with Gasteiger partial charge in [0.15, 0.2) is 0 Å². The fourth-order valence-electron chi connectivity index (χ4n) is 5.05. The van der Waals surface area contributed by atoms with E-state index >= 15 is 0 Å². The number of hydrogen-bond acceptors (Lipinski definition) is 5. The third kappa shape index (κ3) is 6.29. The van der Waals surface area contributed by atoms with Gasteiger partial charge in [0.1, 0.15) is 35.4 Å². The van der Waals surface area contributed by atoms with E-state index in [4.69, 9.17) is 9.47 Å². The maximum Gasteiger partial charge on any atom is 0.134 e. The van der Waals surface area contributed by atoms with Crippen LogP contribution in [0.4, 0.5) is 0 Å². The average molecular weight is 476 g/mol. The van der Waals surface area contributed by atoms with Gasteiger partial charge in [0.05, 0.1) is 0 Å². The number of fused-ring (bicyclic) bond motifs is 1. The molecular formula is C30H37NO4. The van der Waals surface area contributed by atoms with Crippen LogP contribution in [0.25, 0.3) is 0 Å². The van der Waals surface area contributed by atoms with Crippen molar-refractivity contribution in [2.45, 2.75) is 65.0 Å². The molecule has 0 heterocycles. The first-order valence-electron chi connectivity index (χ1n) is 12.6. The predicted octanol–water partition coefficient (Wildman–Crippen LogP) is 6.66. The van der Waals surface area contributed by atoms with Crippen LogP contribution in [0.5, 0.6) is 28.7 Å². The lowest BCUT2D eigenvalue weighted by atomic mass is 9.79. The van der Waals surface area contributed by atoms with Crippen LogP contribution in [0, 0.1) is 0 Å². The van der Waals surface area contributed by atoms with Crippen molar-refractivity contribution < 1.29 is 19.7 Å². The summed E-state index contributed by atoms with van der Waals surface area (Å²) in [4.78, 5) is 2.41. The zero-order valence-corrected chi connectivity index (χ0v) is 21.2. The zero-order chi connectivity index (χ0) is 24.9. The number of ether oxygens (including phenoxy) is 2. The van der Waals surface area contributed by atoms with Crippen LogP contribution in [0.2, 0.25) is 0 Å². The first-order valence-corrected chi connectivity index (χ1v) is 12.6. The molecule has 0 amide bonds. The lowest BCUT2D eigenvalue weighted by Crippen LogP contribution is -2.39. The number of aryl methyl sites for hydroxylation is 1. The molecule has 1 aliphatic rings. The highest BCUT2D eigenvalue weighted by Gasteiger charge is 2.24. The molecule has 1 aliphatic carbocycles. The van der Waals surface area contributed by atoms with E-state index in [-0.39, 0.29) is 11.5 Å². The summed E-state index contributed by atoms with van der Waals surface area (Å²) in [5.74, 6) is 3.08. The number of benzene rings is 3. The number of rotatable bonds is 9. The summed E-state index contributed by atoms with van der Waals surface area (Å²) in [6.07, 6.45) is 2.71. The van der Waals surface area contributed by atoms with E-state index in [0.717, 1.165) is 42.7 Å². The Balaban J connectivity index is 1.43. The van der Waals surface area contributed by atoms with Gasteiger partial charge < -0.3 is 19.7 Å². The van der Waals surface area contributed by atoms with Gasteiger partial charge in [0, 0.05) is 24.7 Å². The Kier molecular flexibility index (Phi) is 7.86. The quantitative estimate of drug-likeness (QED) is 0.362. The Labute approximate surface area is 208 Å². The van der Waals surface area contributed by atoms with E-state index < -0.39 is 0 Å². The topological polar surface area (TPSA) is 62.2 Å².